The summed E-state index contributed by atoms with van der Waals surface area (Å²) < 4.78 is 12.5. The summed E-state index contributed by atoms with van der Waals surface area (Å²) in [4.78, 5) is 14.1. The lowest BCUT2D eigenvalue weighted by Gasteiger charge is -2.32. The number of carbonyl (C=O) groups excluding carboxylic acids is 1. The van der Waals surface area contributed by atoms with Crippen molar-refractivity contribution in [2.24, 2.45) is 0 Å². The predicted octanol–water partition coefficient (Wildman–Crippen LogP) is 5.94. The van der Waals surface area contributed by atoms with Gasteiger partial charge in [-0.25, -0.2) is 0 Å². The first-order chi connectivity index (χ1) is 17.4. The Morgan fingerprint density at radius 1 is 1.03 bits per heavy atom. The molecule has 0 aliphatic carbocycles. The minimum Gasteiger partial charge on any atom is -0.508 e. The third-order valence-electron chi connectivity index (χ3n) is 7.00. The number of phenols is 2. The van der Waals surface area contributed by atoms with Gasteiger partial charge in [-0.05, 0) is 85.9 Å². The molecule has 36 heavy (non-hydrogen) atoms. The summed E-state index contributed by atoms with van der Waals surface area (Å²) in [6, 6.07) is 20.1. The lowest BCUT2D eigenvalue weighted by molar-refractivity contribution is -0.136. The van der Waals surface area contributed by atoms with E-state index in [0.717, 1.165) is 53.0 Å². The Morgan fingerprint density at radius 3 is 2.56 bits per heavy atom. The van der Waals surface area contributed by atoms with Gasteiger partial charge in [0.2, 0.25) is 5.91 Å². The van der Waals surface area contributed by atoms with E-state index in [1.807, 2.05) is 55.1 Å². The molecular formula is C30H31NO5. The van der Waals surface area contributed by atoms with Crippen LogP contribution in [-0.2, 0) is 4.79 Å². The molecule has 6 heteroatoms. The zero-order chi connectivity index (χ0) is 25.2. The maximum atomic E-state index is 12.2. The highest BCUT2D eigenvalue weighted by Gasteiger charge is 2.30. The van der Waals surface area contributed by atoms with E-state index in [2.05, 4.69) is 0 Å². The summed E-state index contributed by atoms with van der Waals surface area (Å²) >= 11 is 0. The summed E-state index contributed by atoms with van der Waals surface area (Å²) in [7, 11) is 0. The number of phenolic OH excluding ortho intramolecular Hbond substituents is 2. The fourth-order valence-corrected chi connectivity index (χ4v) is 5.06. The van der Waals surface area contributed by atoms with Gasteiger partial charge in [-0.15, -0.1) is 0 Å². The van der Waals surface area contributed by atoms with Crippen LogP contribution in [0.5, 0.6) is 23.0 Å². The molecule has 5 rings (SSSR count). The maximum absolute atomic E-state index is 12.2. The average molecular weight is 486 g/mol. The van der Waals surface area contributed by atoms with Crippen LogP contribution >= 0.6 is 0 Å². The molecule has 3 aromatic rings. The fourth-order valence-electron chi connectivity index (χ4n) is 5.06. The number of piperidine rings is 1. The van der Waals surface area contributed by atoms with Gasteiger partial charge in [0.25, 0.3) is 0 Å². The van der Waals surface area contributed by atoms with Crippen LogP contribution < -0.4 is 9.47 Å². The van der Waals surface area contributed by atoms with Crippen molar-refractivity contribution in [2.45, 2.75) is 45.3 Å². The van der Waals surface area contributed by atoms with Crippen LogP contribution in [-0.4, -0.2) is 40.2 Å². The van der Waals surface area contributed by atoms with Gasteiger partial charge in [0.15, 0.2) is 0 Å². The molecular weight excluding hydrogens is 454 g/mol. The molecule has 186 valence electrons. The number of carbonyl (C=O) groups is 1. The van der Waals surface area contributed by atoms with E-state index < -0.39 is 6.10 Å². The topological polar surface area (TPSA) is 79.2 Å². The van der Waals surface area contributed by atoms with Gasteiger partial charge >= 0.3 is 0 Å². The molecule has 1 fully saturated rings. The number of nitrogens with zero attached hydrogens (tertiary/aromatic N) is 1. The number of aromatic hydroxyl groups is 2. The van der Waals surface area contributed by atoms with Gasteiger partial charge in [0, 0.05) is 24.1 Å². The zero-order valence-corrected chi connectivity index (χ0v) is 20.6. The molecule has 2 aliphatic rings. The minimum absolute atomic E-state index is 0.0232. The number of hydrogen-bond donors (Lipinski definition) is 2. The van der Waals surface area contributed by atoms with Crippen LogP contribution in [0, 0.1) is 0 Å². The third kappa shape index (κ3) is 4.76. The number of amides is 1. The summed E-state index contributed by atoms with van der Waals surface area (Å²) in [6.07, 6.45) is 2.24. The Hall–Kier alpha value is -3.93. The normalized spacial score (nSPS) is 18.4. The predicted molar refractivity (Wildman–Crippen MR) is 139 cm³/mol. The molecule has 6 nitrogen and oxygen atoms in total. The molecule has 2 N–H and O–H groups in total. The number of allylic oxidation sites excluding steroid dienone is 1. The highest BCUT2D eigenvalue weighted by atomic mass is 16.5. The highest BCUT2D eigenvalue weighted by molar-refractivity contribution is 5.95. The van der Waals surface area contributed by atoms with E-state index in [4.69, 9.17) is 9.47 Å². The van der Waals surface area contributed by atoms with Gasteiger partial charge < -0.3 is 24.6 Å². The highest BCUT2D eigenvalue weighted by Crippen LogP contribution is 2.47. The smallest absolute Gasteiger partial charge is 0.222 e. The van der Waals surface area contributed by atoms with Crippen LogP contribution in [0.4, 0.5) is 0 Å². The number of ether oxygens (including phenoxy) is 2. The Bertz CT molecular complexity index is 1300. The van der Waals surface area contributed by atoms with Crippen molar-refractivity contribution in [2.75, 3.05) is 13.2 Å². The third-order valence-corrected chi connectivity index (χ3v) is 7.00. The molecule has 0 aromatic heterocycles. The molecule has 0 spiro atoms. The van der Waals surface area contributed by atoms with Crippen molar-refractivity contribution in [1.82, 2.24) is 4.90 Å². The molecule has 0 bridgehead atoms. The average Bonchev–Trinajstić information content (AvgIpc) is 2.88. The second-order valence-electron chi connectivity index (χ2n) is 9.54. The van der Waals surface area contributed by atoms with E-state index in [1.165, 1.54) is 0 Å². The Balaban J connectivity index is 1.40. The van der Waals surface area contributed by atoms with Crippen molar-refractivity contribution in [3.63, 3.8) is 0 Å². The van der Waals surface area contributed by atoms with E-state index in [9.17, 15) is 15.0 Å². The molecule has 2 aliphatic heterocycles. The minimum atomic E-state index is -0.400. The first-order valence-corrected chi connectivity index (χ1v) is 12.4. The van der Waals surface area contributed by atoms with E-state index in [0.29, 0.717) is 18.8 Å². The van der Waals surface area contributed by atoms with Crippen LogP contribution in [0.1, 0.15) is 55.9 Å². The molecule has 2 atom stereocenters. The number of fused-ring (bicyclic) bond motifs is 1. The van der Waals surface area contributed by atoms with E-state index in [1.54, 1.807) is 30.3 Å². The van der Waals surface area contributed by atoms with Crippen molar-refractivity contribution in [1.29, 1.82) is 0 Å². The lowest BCUT2D eigenvalue weighted by Crippen LogP contribution is -2.44. The van der Waals surface area contributed by atoms with E-state index in [-0.39, 0.29) is 23.4 Å². The lowest BCUT2D eigenvalue weighted by atomic mass is 9.86. The van der Waals surface area contributed by atoms with Gasteiger partial charge in [-0.1, -0.05) is 24.3 Å². The maximum Gasteiger partial charge on any atom is 0.222 e. The molecule has 2 heterocycles. The van der Waals surface area contributed by atoms with Crippen LogP contribution in [0.3, 0.4) is 0 Å². The first kappa shape index (κ1) is 23.8. The van der Waals surface area contributed by atoms with Crippen molar-refractivity contribution >= 4 is 17.1 Å². The molecule has 1 saturated heterocycles. The molecule has 1 amide bonds. The number of hydrogen-bond acceptors (Lipinski definition) is 5. The Morgan fingerprint density at radius 2 is 1.81 bits per heavy atom. The second-order valence-corrected chi connectivity index (χ2v) is 9.54. The van der Waals surface area contributed by atoms with Gasteiger partial charge in [0.1, 0.15) is 35.7 Å². The SMILES string of the molecule is CC1=C(c2cccc(O)c2)C(c2ccc(OCC(C)N3CCCCC3=O)cc2)Oc2ccc(O)cc21. The van der Waals surface area contributed by atoms with Gasteiger partial charge in [-0.3, -0.25) is 4.79 Å². The van der Waals surface area contributed by atoms with E-state index >= 15 is 0 Å². The van der Waals surface area contributed by atoms with Crippen molar-refractivity contribution in [3.8, 4) is 23.0 Å². The number of rotatable bonds is 6. The number of benzene rings is 3. The Labute approximate surface area is 211 Å². The standard InChI is InChI=1S/C30H31NO5/c1-19(31-15-4-3-8-28(31)34)18-35-25-12-9-21(10-13-25)30-29(22-6-5-7-23(32)16-22)20(2)26-17-24(33)11-14-27(26)36-30/h5-7,9-14,16-17,19,30,32-33H,3-4,8,15,18H2,1-2H3. The van der Waals surface area contributed by atoms with Crippen molar-refractivity contribution in [3.05, 3.63) is 83.4 Å². The quantitative estimate of drug-likeness (QED) is 0.452. The fraction of sp³-hybridized carbons (Fsp3) is 0.300. The monoisotopic (exact) mass is 485 g/mol. The summed E-state index contributed by atoms with van der Waals surface area (Å²) in [5.41, 5.74) is 4.52. The van der Waals surface area contributed by atoms with Crippen LogP contribution in [0.15, 0.2) is 66.7 Å². The molecule has 3 aromatic carbocycles. The Kier molecular flexibility index (Phi) is 6.59. The molecule has 2 unspecified atom stereocenters. The first-order valence-electron chi connectivity index (χ1n) is 12.4. The summed E-state index contributed by atoms with van der Waals surface area (Å²) in [5.74, 6) is 1.98. The van der Waals surface area contributed by atoms with Crippen LogP contribution in [0.2, 0.25) is 0 Å². The molecule has 0 radical (unpaired) electrons. The second kappa shape index (κ2) is 9.97. The van der Waals surface area contributed by atoms with Gasteiger partial charge in [0.05, 0.1) is 6.04 Å². The van der Waals surface area contributed by atoms with Gasteiger partial charge in [-0.2, -0.15) is 0 Å². The van der Waals surface area contributed by atoms with Crippen LogP contribution in [0.25, 0.3) is 11.1 Å². The zero-order valence-electron chi connectivity index (χ0n) is 20.6. The number of likely N-dealkylation sites (tertiary alicyclic amines) is 1. The largest absolute Gasteiger partial charge is 0.508 e. The summed E-state index contributed by atoms with van der Waals surface area (Å²) in [5, 5.41) is 20.2. The van der Waals surface area contributed by atoms with Crippen molar-refractivity contribution < 1.29 is 24.5 Å². The summed E-state index contributed by atoms with van der Waals surface area (Å²) in [6.45, 7) is 5.27. The molecule has 0 saturated carbocycles.